The number of anilines is 1. The summed E-state index contributed by atoms with van der Waals surface area (Å²) in [7, 11) is 1.51. The first-order valence-electron chi connectivity index (χ1n) is 8.03. The molecular formula is C19H15Cl3N2O3. The van der Waals surface area contributed by atoms with Crippen molar-refractivity contribution < 1.29 is 14.3 Å². The van der Waals surface area contributed by atoms with E-state index in [1.54, 1.807) is 37.3 Å². The lowest BCUT2D eigenvalue weighted by Gasteiger charge is -2.12. The first-order chi connectivity index (χ1) is 12.9. The maximum atomic E-state index is 12.8. The van der Waals surface area contributed by atoms with E-state index in [2.05, 4.69) is 5.32 Å². The number of carbonyl (C=O) groups is 2. The topological polar surface area (TPSA) is 58.6 Å². The average molecular weight is 426 g/mol. The normalized spacial score (nSPS) is 14.2. The van der Waals surface area contributed by atoms with E-state index in [0.29, 0.717) is 27.0 Å². The quantitative estimate of drug-likeness (QED) is 0.695. The lowest BCUT2D eigenvalue weighted by atomic mass is 10.0. The van der Waals surface area contributed by atoms with Gasteiger partial charge in [0.25, 0.3) is 11.8 Å². The molecule has 1 heterocycles. The predicted octanol–water partition coefficient (Wildman–Crippen LogP) is 4.87. The van der Waals surface area contributed by atoms with Gasteiger partial charge >= 0.3 is 0 Å². The van der Waals surface area contributed by atoms with Crippen LogP contribution < -0.4 is 10.1 Å². The van der Waals surface area contributed by atoms with Gasteiger partial charge in [-0.1, -0.05) is 40.9 Å². The van der Waals surface area contributed by atoms with Crippen molar-refractivity contribution in [2.24, 2.45) is 0 Å². The summed E-state index contributed by atoms with van der Waals surface area (Å²) in [6.45, 7) is 1.96. The fourth-order valence-electron chi connectivity index (χ4n) is 2.81. The minimum Gasteiger partial charge on any atom is -0.495 e. The Morgan fingerprint density at radius 3 is 2.33 bits per heavy atom. The van der Waals surface area contributed by atoms with Gasteiger partial charge in [-0.25, -0.2) is 0 Å². The molecule has 0 spiro atoms. The van der Waals surface area contributed by atoms with Crippen LogP contribution in [0.5, 0.6) is 5.75 Å². The van der Waals surface area contributed by atoms with Gasteiger partial charge in [0.1, 0.15) is 11.4 Å². The summed E-state index contributed by atoms with van der Waals surface area (Å²) in [5.74, 6) is -0.356. The number of hydrogen-bond acceptors (Lipinski definition) is 4. The highest BCUT2D eigenvalue weighted by Gasteiger charge is 2.39. The van der Waals surface area contributed by atoms with Crippen molar-refractivity contribution >= 4 is 57.9 Å². The Bertz CT molecular complexity index is 973. The molecule has 1 aliphatic rings. The number of imide groups is 1. The van der Waals surface area contributed by atoms with Crippen LogP contribution in [0.15, 0.2) is 42.1 Å². The summed E-state index contributed by atoms with van der Waals surface area (Å²) in [6.07, 6.45) is 0. The third-order valence-corrected chi connectivity index (χ3v) is 4.95. The van der Waals surface area contributed by atoms with Crippen molar-refractivity contribution in [1.82, 2.24) is 4.90 Å². The fourth-order valence-corrected chi connectivity index (χ4v) is 3.57. The highest BCUT2D eigenvalue weighted by molar-refractivity contribution is 6.41. The maximum absolute atomic E-state index is 12.8. The molecule has 0 saturated carbocycles. The van der Waals surface area contributed by atoms with Gasteiger partial charge < -0.3 is 10.1 Å². The Balaban J connectivity index is 2.11. The molecule has 0 atom stereocenters. The molecule has 3 rings (SSSR count). The molecule has 0 unspecified atom stereocenters. The van der Waals surface area contributed by atoms with E-state index >= 15 is 0 Å². The molecule has 5 nitrogen and oxygen atoms in total. The number of hydrogen-bond donors (Lipinski definition) is 1. The van der Waals surface area contributed by atoms with E-state index in [1.807, 2.05) is 0 Å². The lowest BCUT2D eigenvalue weighted by molar-refractivity contribution is -0.136. The van der Waals surface area contributed by atoms with Crippen molar-refractivity contribution in [3.63, 3.8) is 0 Å². The largest absolute Gasteiger partial charge is 0.495 e. The molecule has 2 amide bonds. The monoisotopic (exact) mass is 424 g/mol. The maximum Gasteiger partial charge on any atom is 0.278 e. The molecular weight excluding hydrogens is 411 g/mol. The molecule has 2 aromatic rings. The summed E-state index contributed by atoms with van der Waals surface area (Å²) in [4.78, 5) is 26.7. The number of halogens is 3. The van der Waals surface area contributed by atoms with E-state index in [4.69, 9.17) is 39.5 Å². The number of nitrogens with zero attached hydrogens (tertiary/aromatic N) is 1. The molecule has 0 bridgehead atoms. The summed E-state index contributed by atoms with van der Waals surface area (Å²) >= 11 is 18.4. The second-order valence-corrected chi connectivity index (χ2v) is 6.95. The number of rotatable bonds is 5. The van der Waals surface area contributed by atoms with Crippen LogP contribution >= 0.6 is 34.8 Å². The van der Waals surface area contributed by atoms with Crippen LogP contribution in [-0.4, -0.2) is 30.4 Å². The number of nitrogens with one attached hydrogen (secondary N) is 1. The first kappa shape index (κ1) is 19.5. The average Bonchev–Trinajstić information content (AvgIpc) is 2.85. The van der Waals surface area contributed by atoms with Gasteiger partial charge in [0, 0.05) is 22.8 Å². The molecule has 2 aromatic carbocycles. The van der Waals surface area contributed by atoms with E-state index in [1.165, 1.54) is 13.2 Å². The third kappa shape index (κ3) is 3.63. The predicted molar refractivity (Wildman–Crippen MR) is 107 cm³/mol. The Morgan fingerprint density at radius 1 is 1.00 bits per heavy atom. The number of carbonyl (C=O) groups excluding carboxylic acids is 2. The second-order valence-electron chi connectivity index (χ2n) is 5.70. The zero-order chi connectivity index (χ0) is 19.7. The molecule has 0 aromatic heterocycles. The summed E-state index contributed by atoms with van der Waals surface area (Å²) in [5.41, 5.74) is 1.29. The molecule has 0 aliphatic carbocycles. The van der Waals surface area contributed by atoms with E-state index in [-0.39, 0.29) is 22.8 Å². The van der Waals surface area contributed by atoms with Crippen LogP contribution in [-0.2, 0) is 9.59 Å². The standard InChI is InChI=1S/C19H15Cl3N2O3/c1-3-24-18(25)16(12-6-4-10(20)8-13(12)21)17(19(24)26)23-11-5-7-15(27-2)14(22)9-11/h4-9,23H,3H2,1-2H3. The second kappa shape index (κ2) is 7.80. The third-order valence-electron chi connectivity index (χ3n) is 4.11. The number of ether oxygens (including phenoxy) is 1. The molecule has 8 heteroatoms. The van der Waals surface area contributed by atoms with Gasteiger partial charge in [-0.2, -0.15) is 0 Å². The Kier molecular flexibility index (Phi) is 5.65. The zero-order valence-electron chi connectivity index (χ0n) is 14.5. The van der Waals surface area contributed by atoms with Gasteiger partial charge in [0.15, 0.2) is 0 Å². The van der Waals surface area contributed by atoms with E-state index < -0.39 is 11.8 Å². The van der Waals surface area contributed by atoms with Crippen LogP contribution in [0.3, 0.4) is 0 Å². The number of likely N-dealkylation sites (N-methyl/N-ethyl adjacent to an activating group) is 1. The van der Waals surface area contributed by atoms with E-state index in [0.717, 1.165) is 4.90 Å². The number of amides is 2. The molecule has 1 N–H and O–H groups in total. The summed E-state index contributed by atoms with van der Waals surface area (Å²) in [5, 5.41) is 4.09. The molecule has 0 radical (unpaired) electrons. The van der Waals surface area contributed by atoms with Crippen molar-refractivity contribution in [3.05, 3.63) is 62.7 Å². The van der Waals surface area contributed by atoms with Crippen LogP contribution in [0.4, 0.5) is 5.69 Å². The van der Waals surface area contributed by atoms with Gasteiger partial charge in [-0.3, -0.25) is 14.5 Å². The van der Waals surface area contributed by atoms with Crippen molar-refractivity contribution in [3.8, 4) is 5.75 Å². The minimum atomic E-state index is -0.435. The Morgan fingerprint density at radius 2 is 1.74 bits per heavy atom. The highest BCUT2D eigenvalue weighted by Crippen LogP contribution is 2.36. The molecule has 1 aliphatic heterocycles. The first-order valence-corrected chi connectivity index (χ1v) is 9.17. The van der Waals surface area contributed by atoms with Crippen LogP contribution in [0.25, 0.3) is 5.57 Å². The minimum absolute atomic E-state index is 0.132. The van der Waals surface area contributed by atoms with Gasteiger partial charge in [-0.05, 0) is 37.3 Å². The van der Waals surface area contributed by atoms with Crippen molar-refractivity contribution in [1.29, 1.82) is 0 Å². The Labute approximate surface area is 171 Å². The van der Waals surface area contributed by atoms with Crippen LogP contribution in [0.1, 0.15) is 12.5 Å². The molecule has 0 fully saturated rings. The number of benzene rings is 2. The molecule has 140 valence electrons. The van der Waals surface area contributed by atoms with E-state index in [9.17, 15) is 9.59 Å². The summed E-state index contributed by atoms with van der Waals surface area (Å²) < 4.78 is 5.13. The van der Waals surface area contributed by atoms with Gasteiger partial charge in [-0.15, -0.1) is 0 Å². The van der Waals surface area contributed by atoms with Gasteiger partial charge in [0.05, 0.1) is 22.7 Å². The Hall–Kier alpha value is -2.21. The smallest absolute Gasteiger partial charge is 0.278 e. The lowest BCUT2D eigenvalue weighted by Crippen LogP contribution is -2.32. The molecule has 0 saturated heterocycles. The zero-order valence-corrected chi connectivity index (χ0v) is 16.7. The van der Waals surface area contributed by atoms with Crippen LogP contribution in [0, 0.1) is 0 Å². The van der Waals surface area contributed by atoms with Crippen molar-refractivity contribution in [2.45, 2.75) is 6.92 Å². The SMILES string of the molecule is CCN1C(=O)C(Nc2ccc(OC)c(Cl)c2)=C(c2ccc(Cl)cc2Cl)C1=O. The molecule has 27 heavy (non-hydrogen) atoms. The van der Waals surface area contributed by atoms with Gasteiger partial charge in [0.2, 0.25) is 0 Å². The van der Waals surface area contributed by atoms with Crippen molar-refractivity contribution in [2.75, 3.05) is 19.0 Å². The highest BCUT2D eigenvalue weighted by atomic mass is 35.5. The summed E-state index contributed by atoms with van der Waals surface area (Å²) in [6, 6.07) is 9.74. The van der Waals surface area contributed by atoms with Crippen LogP contribution in [0.2, 0.25) is 15.1 Å². The fraction of sp³-hybridized carbons (Fsp3) is 0.158. The number of methoxy groups -OCH3 is 1.